The Balaban J connectivity index is 1.75. The molecule has 0 saturated carbocycles. The highest BCUT2D eigenvalue weighted by molar-refractivity contribution is 6.04. The molecule has 2 aromatic rings. The fourth-order valence-corrected chi connectivity index (χ4v) is 3.03. The van der Waals surface area contributed by atoms with Gasteiger partial charge in [-0.25, -0.2) is 0 Å². The molecule has 0 aliphatic carbocycles. The summed E-state index contributed by atoms with van der Waals surface area (Å²) < 4.78 is 0. The smallest absolute Gasteiger partial charge is 0.229 e. The normalized spacial score (nSPS) is 17.1. The van der Waals surface area contributed by atoms with Gasteiger partial charge in [-0.05, 0) is 30.2 Å². The summed E-state index contributed by atoms with van der Waals surface area (Å²) in [4.78, 5) is 26.6. The van der Waals surface area contributed by atoms with Crippen LogP contribution >= 0.6 is 0 Å². The SMILES string of the molecule is CCc1ccccc1N1CC(C(=O)Nc2ccccc2N)CC1=O. The Labute approximate surface area is 141 Å². The van der Waals surface area contributed by atoms with E-state index in [0.29, 0.717) is 17.9 Å². The average Bonchev–Trinajstić information content (AvgIpc) is 2.98. The molecule has 1 atom stereocenters. The maximum atomic E-state index is 12.5. The van der Waals surface area contributed by atoms with Crippen LogP contribution in [-0.2, 0) is 16.0 Å². The second-order valence-corrected chi connectivity index (χ2v) is 5.96. The van der Waals surface area contributed by atoms with Gasteiger partial charge >= 0.3 is 0 Å². The predicted molar refractivity (Wildman–Crippen MR) is 95.8 cm³/mol. The molecule has 0 spiro atoms. The number of carbonyl (C=O) groups excluding carboxylic acids is 2. The number of para-hydroxylation sites is 3. The summed E-state index contributed by atoms with van der Waals surface area (Å²) in [6, 6.07) is 15.0. The summed E-state index contributed by atoms with van der Waals surface area (Å²) in [6.07, 6.45) is 1.06. The fraction of sp³-hybridized carbons (Fsp3) is 0.263. The van der Waals surface area contributed by atoms with Crippen molar-refractivity contribution in [2.75, 3.05) is 22.5 Å². The zero-order valence-corrected chi connectivity index (χ0v) is 13.7. The van der Waals surface area contributed by atoms with E-state index in [-0.39, 0.29) is 24.2 Å². The van der Waals surface area contributed by atoms with E-state index in [2.05, 4.69) is 12.2 Å². The number of benzene rings is 2. The fourth-order valence-electron chi connectivity index (χ4n) is 3.03. The van der Waals surface area contributed by atoms with Crippen molar-refractivity contribution in [2.24, 2.45) is 5.92 Å². The second-order valence-electron chi connectivity index (χ2n) is 5.96. The minimum atomic E-state index is -0.373. The van der Waals surface area contributed by atoms with Gasteiger partial charge in [-0.15, -0.1) is 0 Å². The van der Waals surface area contributed by atoms with Gasteiger partial charge in [0.1, 0.15) is 0 Å². The van der Waals surface area contributed by atoms with Crippen LogP contribution < -0.4 is 16.0 Å². The van der Waals surface area contributed by atoms with Crippen molar-refractivity contribution < 1.29 is 9.59 Å². The summed E-state index contributed by atoms with van der Waals surface area (Å²) in [5.41, 5.74) is 8.97. The van der Waals surface area contributed by atoms with E-state index in [4.69, 9.17) is 5.73 Å². The van der Waals surface area contributed by atoms with Crippen LogP contribution in [0.15, 0.2) is 48.5 Å². The van der Waals surface area contributed by atoms with Gasteiger partial charge in [-0.1, -0.05) is 37.3 Å². The molecule has 124 valence electrons. The molecule has 1 heterocycles. The van der Waals surface area contributed by atoms with Crippen molar-refractivity contribution in [3.05, 3.63) is 54.1 Å². The maximum Gasteiger partial charge on any atom is 0.229 e. The van der Waals surface area contributed by atoms with Crippen LogP contribution in [0.25, 0.3) is 0 Å². The maximum absolute atomic E-state index is 12.5. The minimum Gasteiger partial charge on any atom is -0.397 e. The lowest BCUT2D eigenvalue weighted by atomic mass is 10.1. The Hall–Kier alpha value is -2.82. The van der Waals surface area contributed by atoms with Gasteiger partial charge in [0.25, 0.3) is 0 Å². The predicted octanol–water partition coefficient (Wildman–Crippen LogP) is 2.82. The molecule has 0 bridgehead atoms. The largest absolute Gasteiger partial charge is 0.397 e. The molecule has 0 aromatic heterocycles. The highest BCUT2D eigenvalue weighted by Gasteiger charge is 2.35. The van der Waals surface area contributed by atoms with Gasteiger partial charge in [0.05, 0.1) is 17.3 Å². The number of aryl methyl sites for hydroxylation is 1. The molecule has 3 N–H and O–H groups in total. The second kappa shape index (κ2) is 6.74. The summed E-state index contributed by atoms with van der Waals surface area (Å²) in [5, 5.41) is 2.83. The average molecular weight is 323 g/mol. The van der Waals surface area contributed by atoms with Crippen LogP contribution in [0.2, 0.25) is 0 Å². The molecule has 24 heavy (non-hydrogen) atoms. The summed E-state index contributed by atoms with van der Waals surface area (Å²) in [7, 11) is 0. The van der Waals surface area contributed by atoms with Crippen molar-refractivity contribution in [1.29, 1.82) is 0 Å². The van der Waals surface area contributed by atoms with Crippen LogP contribution in [0.4, 0.5) is 17.1 Å². The number of nitrogens with two attached hydrogens (primary N) is 1. The van der Waals surface area contributed by atoms with E-state index in [0.717, 1.165) is 17.7 Å². The van der Waals surface area contributed by atoms with E-state index >= 15 is 0 Å². The number of carbonyl (C=O) groups is 2. The third-order valence-corrected chi connectivity index (χ3v) is 4.38. The Kier molecular flexibility index (Phi) is 4.51. The topological polar surface area (TPSA) is 75.4 Å². The number of hydrogen-bond donors (Lipinski definition) is 2. The molecule has 2 aromatic carbocycles. The molecule has 2 amide bonds. The van der Waals surface area contributed by atoms with Gasteiger partial charge < -0.3 is 16.0 Å². The summed E-state index contributed by atoms with van der Waals surface area (Å²) in [5.74, 6) is -0.558. The van der Waals surface area contributed by atoms with Crippen LogP contribution in [0, 0.1) is 5.92 Å². The summed E-state index contributed by atoms with van der Waals surface area (Å²) in [6.45, 7) is 2.45. The molecule has 5 nitrogen and oxygen atoms in total. The number of nitrogen functional groups attached to an aromatic ring is 1. The quantitative estimate of drug-likeness (QED) is 0.850. The van der Waals surface area contributed by atoms with Gasteiger partial charge in [0.15, 0.2) is 0 Å². The molecule has 5 heteroatoms. The van der Waals surface area contributed by atoms with Crippen molar-refractivity contribution in [1.82, 2.24) is 0 Å². The molecule has 1 aliphatic rings. The molecule has 1 aliphatic heterocycles. The molecule has 3 rings (SSSR count). The van der Waals surface area contributed by atoms with Crippen molar-refractivity contribution >= 4 is 28.9 Å². The Morgan fingerprint density at radius 3 is 2.67 bits per heavy atom. The third-order valence-electron chi connectivity index (χ3n) is 4.38. The van der Waals surface area contributed by atoms with Gasteiger partial charge in [0.2, 0.25) is 11.8 Å². The lowest BCUT2D eigenvalue weighted by Gasteiger charge is -2.20. The third kappa shape index (κ3) is 3.11. The number of anilines is 3. The summed E-state index contributed by atoms with van der Waals surface area (Å²) >= 11 is 0. The van der Waals surface area contributed by atoms with Gasteiger partial charge in [-0.2, -0.15) is 0 Å². The van der Waals surface area contributed by atoms with E-state index in [1.807, 2.05) is 36.4 Å². The zero-order valence-electron chi connectivity index (χ0n) is 13.7. The standard InChI is InChI=1S/C19H21N3O2/c1-2-13-7-3-6-10-17(13)22-12-14(11-18(22)23)19(24)21-16-9-5-4-8-15(16)20/h3-10,14H,2,11-12,20H2,1H3,(H,21,24). The van der Waals surface area contributed by atoms with E-state index in [9.17, 15) is 9.59 Å². The molecule has 0 radical (unpaired) electrons. The number of rotatable bonds is 4. The van der Waals surface area contributed by atoms with E-state index in [1.54, 1.807) is 17.0 Å². The van der Waals surface area contributed by atoms with Crippen molar-refractivity contribution in [3.63, 3.8) is 0 Å². The Bertz CT molecular complexity index is 773. The highest BCUT2D eigenvalue weighted by Crippen LogP contribution is 2.29. The minimum absolute atomic E-state index is 0.0166. The first-order chi connectivity index (χ1) is 11.6. The first-order valence-corrected chi connectivity index (χ1v) is 8.13. The first kappa shape index (κ1) is 16.1. The monoisotopic (exact) mass is 323 g/mol. The van der Waals surface area contributed by atoms with E-state index < -0.39 is 0 Å². The highest BCUT2D eigenvalue weighted by atomic mass is 16.2. The molecule has 1 fully saturated rings. The Morgan fingerprint density at radius 1 is 1.21 bits per heavy atom. The Morgan fingerprint density at radius 2 is 1.92 bits per heavy atom. The number of amides is 2. The zero-order chi connectivity index (χ0) is 17.1. The number of nitrogens with zero attached hydrogens (tertiary/aromatic N) is 1. The van der Waals surface area contributed by atoms with Crippen molar-refractivity contribution in [3.8, 4) is 0 Å². The number of hydrogen-bond acceptors (Lipinski definition) is 3. The number of nitrogens with one attached hydrogen (secondary N) is 1. The lowest BCUT2D eigenvalue weighted by molar-refractivity contribution is -0.122. The van der Waals surface area contributed by atoms with E-state index in [1.165, 1.54) is 0 Å². The molecule has 1 saturated heterocycles. The van der Waals surface area contributed by atoms with Crippen molar-refractivity contribution in [2.45, 2.75) is 19.8 Å². The lowest BCUT2D eigenvalue weighted by Crippen LogP contribution is -2.28. The van der Waals surface area contributed by atoms with Crippen LogP contribution in [0.1, 0.15) is 18.9 Å². The first-order valence-electron chi connectivity index (χ1n) is 8.13. The molecular weight excluding hydrogens is 302 g/mol. The molecular formula is C19H21N3O2. The van der Waals surface area contributed by atoms with Gasteiger partial charge in [0, 0.05) is 18.7 Å². The van der Waals surface area contributed by atoms with Gasteiger partial charge in [-0.3, -0.25) is 9.59 Å². The van der Waals surface area contributed by atoms with Crippen LogP contribution in [0.3, 0.4) is 0 Å². The molecule has 1 unspecified atom stereocenters. The van der Waals surface area contributed by atoms with Crippen LogP contribution in [-0.4, -0.2) is 18.4 Å². The van der Waals surface area contributed by atoms with Crippen LogP contribution in [0.5, 0.6) is 0 Å².